The zero-order valence-corrected chi connectivity index (χ0v) is 14.2. The Morgan fingerprint density at radius 1 is 1.35 bits per heavy atom. The van der Waals surface area contributed by atoms with Gasteiger partial charge >= 0.3 is 0 Å². The van der Waals surface area contributed by atoms with Gasteiger partial charge in [-0.3, -0.25) is 9.48 Å². The van der Waals surface area contributed by atoms with E-state index in [1.807, 2.05) is 52.9 Å². The molecule has 0 unspecified atom stereocenters. The second kappa shape index (κ2) is 7.09. The summed E-state index contributed by atoms with van der Waals surface area (Å²) in [4.78, 5) is 11.8. The summed E-state index contributed by atoms with van der Waals surface area (Å²) >= 11 is 0. The van der Waals surface area contributed by atoms with Crippen LogP contribution in [0.25, 0.3) is 0 Å². The first-order chi connectivity index (χ1) is 10.9. The maximum Gasteiger partial charge on any atom is 0.277 e. The van der Waals surface area contributed by atoms with Gasteiger partial charge in [0.15, 0.2) is 6.61 Å². The number of amides is 1. The molecule has 1 heterocycles. The number of nitrogens with zero attached hydrogens (tertiary/aromatic N) is 3. The minimum absolute atomic E-state index is 0.0767. The molecule has 0 atom stereocenters. The molecule has 2 aromatic rings. The predicted octanol–water partition coefficient (Wildman–Crippen LogP) is 2.18. The second-order valence-electron chi connectivity index (χ2n) is 5.56. The fourth-order valence-corrected chi connectivity index (χ4v) is 2.18. The van der Waals surface area contributed by atoms with Crippen LogP contribution in [0.15, 0.2) is 23.3 Å². The van der Waals surface area contributed by atoms with Crippen molar-refractivity contribution in [1.29, 1.82) is 0 Å². The number of carbonyl (C=O) groups is 1. The number of carbonyl (C=O) groups excluding carboxylic acids is 1. The fraction of sp³-hybridized carbons (Fsp3) is 0.353. The molecule has 6 nitrogen and oxygen atoms in total. The number of aromatic nitrogens is 2. The molecule has 0 spiro atoms. The molecule has 0 aliphatic heterocycles. The lowest BCUT2D eigenvalue weighted by molar-refractivity contribution is -0.123. The Morgan fingerprint density at radius 3 is 2.74 bits per heavy atom. The summed E-state index contributed by atoms with van der Waals surface area (Å²) in [6.07, 6.45) is 1.60. The van der Waals surface area contributed by atoms with Crippen molar-refractivity contribution < 1.29 is 9.53 Å². The number of benzene rings is 1. The highest BCUT2D eigenvalue weighted by Crippen LogP contribution is 2.18. The van der Waals surface area contributed by atoms with Crippen LogP contribution in [0.1, 0.15) is 28.1 Å². The van der Waals surface area contributed by atoms with Crippen LogP contribution in [0.2, 0.25) is 0 Å². The molecule has 0 aliphatic rings. The van der Waals surface area contributed by atoms with Crippen molar-refractivity contribution >= 4 is 12.1 Å². The van der Waals surface area contributed by atoms with Crippen molar-refractivity contribution in [3.05, 3.63) is 46.3 Å². The van der Waals surface area contributed by atoms with Gasteiger partial charge in [-0.05, 0) is 44.9 Å². The Kier molecular flexibility index (Phi) is 5.16. The zero-order chi connectivity index (χ0) is 17.0. The van der Waals surface area contributed by atoms with Crippen LogP contribution in [-0.2, 0) is 11.8 Å². The third-order valence-electron chi connectivity index (χ3n) is 3.65. The van der Waals surface area contributed by atoms with E-state index in [0.717, 1.165) is 28.1 Å². The first-order valence-corrected chi connectivity index (χ1v) is 7.40. The van der Waals surface area contributed by atoms with Crippen LogP contribution >= 0.6 is 0 Å². The lowest BCUT2D eigenvalue weighted by Gasteiger charge is -2.08. The van der Waals surface area contributed by atoms with Crippen LogP contribution in [0, 0.1) is 27.7 Å². The molecule has 0 aliphatic carbocycles. The van der Waals surface area contributed by atoms with Gasteiger partial charge in [-0.15, -0.1) is 0 Å². The average Bonchev–Trinajstić information content (AvgIpc) is 2.74. The Balaban J connectivity index is 1.90. The molecule has 0 bridgehead atoms. The first-order valence-electron chi connectivity index (χ1n) is 7.40. The molecule has 0 radical (unpaired) electrons. The van der Waals surface area contributed by atoms with E-state index in [2.05, 4.69) is 15.6 Å². The van der Waals surface area contributed by atoms with Gasteiger partial charge < -0.3 is 4.74 Å². The monoisotopic (exact) mass is 314 g/mol. The number of rotatable bonds is 5. The van der Waals surface area contributed by atoms with Crippen molar-refractivity contribution in [2.75, 3.05) is 6.61 Å². The molecule has 2 rings (SSSR count). The summed E-state index contributed by atoms with van der Waals surface area (Å²) in [5.74, 6) is 0.407. The number of hydrazone groups is 1. The number of aryl methyl sites for hydroxylation is 4. The van der Waals surface area contributed by atoms with E-state index >= 15 is 0 Å². The van der Waals surface area contributed by atoms with Gasteiger partial charge in [-0.2, -0.15) is 10.2 Å². The van der Waals surface area contributed by atoms with Crippen LogP contribution in [0.5, 0.6) is 5.75 Å². The van der Waals surface area contributed by atoms with E-state index in [-0.39, 0.29) is 12.5 Å². The highest BCUT2D eigenvalue weighted by Gasteiger charge is 2.07. The molecule has 1 amide bonds. The summed E-state index contributed by atoms with van der Waals surface area (Å²) in [6.45, 7) is 7.70. The van der Waals surface area contributed by atoms with E-state index in [9.17, 15) is 4.79 Å². The molecular formula is C17H22N4O2. The molecule has 0 saturated heterocycles. The Labute approximate surface area is 136 Å². The summed E-state index contributed by atoms with van der Waals surface area (Å²) in [7, 11) is 1.87. The number of ether oxygens (including phenoxy) is 1. The second-order valence-corrected chi connectivity index (χ2v) is 5.56. The van der Waals surface area contributed by atoms with E-state index in [1.165, 1.54) is 0 Å². The maximum absolute atomic E-state index is 11.8. The van der Waals surface area contributed by atoms with Crippen molar-refractivity contribution in [1.82, 2.24) is 15.2 Å². The summed E-state index contributed by atoms with van der Waals surface area (Å²) in [5, 5.41) is 8.26. The van der Waals surface area contributed by atoms with Gasteiger partial charge in [0, 0.05) is 18.3 Å². The lowest BCUT2D eigenvalue weighted by Crippen LogP contribution is -2.24. The first kappa shape index (κ1) is 16.7. The minimum Gasteiger partial charge on any atom is -0.483 e. The van der Waals surface area contributed by atoms with Crippen molar-refractivity contribution in [2.24, 2.45) is 12.1 Å². The normalized spacial score (nSPS) is 11.0. The smallest absolute Gasteiger partial charge is 0.277 e. The van der Waals surface area contributed by atoms with E-state index in [1.54, 1.807) is 10.9 Å². The highest BCUT2D eigenvalue weighted by atomic mass is 16.5. The fourth-order valence-electron chi connectivity index (χ4n) is 2.18. The van der Waals surface area contributed by atoms with E-state index in [0.29, 0.717) is 5.75 Å². The summed E-state index contributed by atoms with van der Waals surface area (Å²) < 4.78 is 7.31. The van der Waals surface area contributed by atoms with Crippen molar-refractivity contribution in [3.8, 4) is 5.75 Å². The van der Waals surface area contributed by atoms with Crippen molar-refractivity contribution in [3.63, 3.8) is 0 Å². The van der Waals surface area contributed by atoms with Crippen molar-refractivity contribution in [2.45, 2.75) is 27.7 Å². The predicted molar refractivity (Wildman–Crippen MR) is 89.8 cm³/mol. The molecule has 0 fully saturated rings. The highest BCUT2D eigenvalue weighted by molar-refractivity contribution is 5.84. The van der Waals surface area contributed by atoms with Crippen LogP contribution in [-0.4, -0.2) is 28.5 Å². The molecule has 0 saturated carbocycles. The summed E-state index contributed by atoms with van der Waals surface area (Å²) in [6, 6.07) is 5.88. The number of nitrogens with one attached hydrogen (secondary N) is 1. The third kappa shape index (κ3) is 4.18. The van der Waals surface area contributed by atoms with Crippen LogP contribution in [0.4, 0.5) is 0 Å². The van der Waals surface area contributed by atoms with Gasteiger partial charge in [0.25, 0.3) is 5.91 Å². The quantitative estimate of drug-likeness (QED) is 0.679. The molecule has 1 aromatic carbocycles. The minimum atomic E-state index is -0.304. The summed E-state index contributed by atoms with van der Waals surface area (Å²) in [5.41, 5.74) is 7.32. The molecule has 1 N–H and O–H groups in total. The molecule has 122 valence electrons. The number of hydrogen-bond acceptors (Lipinski definition) is 4. The van der Waals surface area contributed by atoms with E-state index in [4.69, 9.17) is 4.74 Å². The third-order valence-corrected chi connectivity index (χ3v) is 3.65. The topological polar surface area (TPSA) is 68.5 Å². The maximum atomic E-state index is 11.8. The Bertz CT molecular complexity index is 747. The Hall–Kier alpha value is -2.63. The van der Waals surface area contributed by atoms with Gasteiger partial charge in [0.05, 0.1) is 11.9 Å². The molecule has 1 aromatic heterocycles. The number of hydrogen-bond donors (Lipinski definition) is 1. The molecule has 6 heteroatoms. The van der Waals surface area contributed by atoms with Gasteiger partial charge in [-0.1, -0.05) is 12.1 Å². The Morgan fingerprint density at radius 2 is 2.09 bits per heavy atom. The van der Waals surface area contributed by atoms with Gasteiger partial charge in [-0.25, -0.2) is 5.43 Å². The standard InChI is InChI=1S/C17H22N4O2/c1-11-6-7-12(2)16(8-11)23-10-17(22)19-18-9-15-13(3)20-21(5)14(15)4/h6-9H,10H2,1-5H3,(H,19,22)/b18-9-. The zero-order valence-electron chi connectivity index (χ0n) is 14.2. The van der Waals surface area contributed by atoms with Crippen LogP contribution in [0.3, 0.4) is 0 Å². The largest absolute Gasteiger partial charge is 0.483 e. The van der Waals surface area contributed by atoms with Gasteiger partial charge in [0.2, 0.25) is 0 Å². The average molecular weight is 314 g/mol. The van der Waals surface area contributed by atoms with Crippen LogP contribution < -0.4 is 10.2 Å². The molecular weight excluding hydrogens is 292 g/mol. The van der Waals surface area contributed by atoms with E-state index < -0.39 is 0 Å². The molecule has 23 heavy (non-hydrogen) atoms. The van der Waals surface area contributed by atoms with Gasteiger partial charge in [0.1, 0.15) is 5.75 Å². The SMILES string of the molecule is Cc1ccc(C)c(OCC(=O)N/N=C\c2c(C)nn(C)c2C)c1. The lowest BCUT2D eigenvalue weighted by atomic mass is 10.1.